The maximum Gasteiger partial charge on any atom is 0.123 e. The van der Waals surface area contributed by atoms with E-state index in [4.69, 9.17) is 4.74 Å². The zero-order valence-corrected chi connectivity index (χ0v) is 12.8. The fraction of sp³-hybridized carbons (Fsp3) is 0.571. The average Bonchev–Trinajstić information content (AvgIpc) is 2.34. The normalized spacial score (nSPS) is 14.5. The van der Waals surface area contributed by atoms with Crippen LogP contribution in [0.5, 0.6) is 0 Å². The lowest BCUT2D eigenvalue weighted by molar-refractivity contribution is 0.101. The Labute approximate surface area is 117 Å². The van der Waals surface area contributed by atoms with E-state index in [0.29, 0.717) is 6.04 Å². The van der Waals surface area contributed by atoms with Crippen molar-refractivity contribution in [3.63, 3.8) is 0 Å². The number of likely N-dealkylation sites (N-methyl/N-ethyl adjacent to an activating group) is 1. The first kappa shape index (κ1) is 15.6. The summed E-state index contributed by atoms with van der Waals surface area (Å²) in [6.45, 7) is 5.02. The van der Waals surface area contributed by atoms with Crippen molar-refractivity contribution in [2.45, 2.75) is 38.8 Å². The van der Waals surface area contributed by atoms with Crippen molar-refractivity contribution in [3.8, 4) is 0 Å². The molecule has 0 saturated carbocycles. The molecule has 2 nitrogen and oxygen atoms in total. The molecule has 0 aliphatic carbocycles. The highest BCUT2D eigenvalue weighted by Gasteiger charge is 2.14. The molecule has 102 valence electrons. The Morgan fingerprint density at radius 2 is 2.17 bits per heavy atom. The monoisotopic (exact) mass is 317 g/mol. The average molecular weight is 318 g/mol. The van der Waals surface area contributed by atoms with Gasteiger partial charge in [-0.2, -0.15) is 0 Å². The van der Waals surface area contributed by atoms with Crippen LogP contribution < -0.4 is 5.32 Å². The van der Waals surface area contributed by atoms with E-state index in [1.54, 1.807) is 19.2 Å². The van der Waals surface area contributed by atoms with E-state index in [1.807, 2.05) is 6.92 Å². The zero-order valence-electron chi connectivity index (χ0n) is 11.2. The Balaban J connectivity index is 2.72. The molecular weight excluding hydrogens is 297 g/mol. The highest BCUT2D eigenvalue weighted by Crippen LogP contribution is 2.20. The van der Waals surface area contributed by atoms with Crippen molar-refractivity contribution in [3.05, 3.63) is 34.1 Å². The number of hydrogen-bond donors (Lipinski definition) is 1. The molecule has 0 aliphatic heterocycles. The molecule has 0 aliphatic rings. The minimum atomic E-state index is -0.191. The van der Waals surface area contributed by atoms with Gasteiger partial charge in [0.25, 0.3) is 0 Å². The predicted molar refractivity (Wildman–Crippen MR) is 76.4 cm³/mol. The molecule has 0 saturated heterocycles. The number of methoxy groups -OCH3 is 1. The molecule has 1 N–H and O–H groups in total. The summed E-state index contributed by atoms with van der Waals surface area (Å²) in [5, 5.41) is 3.42. The van der Waals surface area contributed by atoms with Crippen LogP contribution in [0.25, 0.3) is 0 Å². The van der Waals surface area contributed by atoms with E-state index in [9.17, 15) is 4.39 Å². The standard InChI is InChI=1S/C14H21BrFNO/c1-4-17-13(7-10(2)18-3)9-11-8-12(16)5-6-14(11)15/h5-6,8,10,13,17H,4,7,9H2,1-3H3. The summed E-state index contributed by atoms with van der Waals surface area (Å²) in [6, 6.07) is 5.11. The van der Waals surface area contributed by atoms with Gasteiger partial charge in [0.1, 0.15) is 5.82 Å². The number of hydrogen-bond acceptors (Lipinski definition) is 2. The van der Waals surface area contributed by atoms with E-state index in [-0.39, 0.29) is 11.9 Å². The molecule has 0 amide bonds. The van der Waals surface area contributed by atoms with Crippen LogP contribution in [-0.2, 0) is 11.2 Å². The number of halogens is 2. The Morgan fingerprint density at radius 1 is 1.44 bits per heavy atom. The zero-order chi connectivity index (χ0) is 13.5. The first-order valence-corrected chi connectivity index (χ1v) is 7.06. The molecule has 4 heteroatoms. The van der Waals surface area contributed by atoms with Crippen LogP contribution in [0.4, 0.5) is 4.39 Å². The largest absolute Gasteiger partial charge is 0.382 e. The van der Waals surface area contributed by atoms with Crippen LogP contribution in [0.1, 0.15) is 25.8 Å². The van der Waals surface area contributed by atoms with E-state index in [1.165, 1.54) is 6.07 Å². The third-order valence-corrected chi connectivity index (χ3v) is 3.76. The Kier molecular flexibility index (Phi) is 6.82. The Bertz CT molecular complexity index is 373. The highest BCUT2D eigenvalue weighted by molar-refractivity contribution is 9.10. The lowest BCUT2D eigenvalue weighted by atomic mass is 10.0. The molecule has 2 unspecified atom stereocenters. The fourth-order valence-electron chi connectivity index (χ4n) is 1.99. The summed E-state index contributed by atoms with van der Waals surface area (Å²) in [5.41, 5.74) is 0.990. The van der Waals surface area contributed by atoms with Crippen LogP contribution >= 0.6 is 15.9 Å². The molecule has 0 fully saturated rings. The van der Waals surface area contributed by atoms with Crippen molar-refractivity contribution in [2.75, 3.05) is 13.7 Å². The summed E-state index contributed by atoms with van der Waals surface area (Å²) in [5.74, 6) is -0.191. The van der Waals surface area contributed by atoms with E-state index >= 15 is 0 Å². The molecule has 0 bridgehead atoms. The predicted octanol–water partition coefficient (Wildman–Crippen LogP) is 3.53. The second-order valence-electron chi connectivity index (χ2n) is 4.48. The first-order chi connectivity index (χ1) is 8.56. The van der Waals surface area contributed by atoms with Crippen molar-refractivity contribution in [2.24, 2.45) is 0 Å². The number of ether oxygens (including phenoxy) is 1. The van der Waals surface area contributed by atoms with Gasteiger partial charge in [-0.25, -0.2) is 4.39 Å². The van der Waals surface area contributed by atoms with Crippen LogP contribution in [0.2, 0.25) is 0 Å². The molecule has 1 rings (SSSR count). The third-order valence-electron chi connectivity index (χ3n) is 2.99. The lowest BCUT2D eigenvalue weighted by Gasteiger charge is -2.21. The topological polar surface area (TPSA) is 21.3 Å². The minimum absolute atomic E-state index is 0.191. The van der Waals surface area contributed by atoms with Gasteiger partial charge in [-0.15, -0.1) is 0 Å². The molecule has 0 spiro atoms. The molecule has 1 aromatic carbocycles. The van der Waals surface area contributed by atoms with Gasteiger partial charge in [-0.3, -0.25) is 0 Å². The molecule has 0 heterocycles. The fourth-order valence-corrected chi connectivity index (χ4v) is 2.40. The van der Waals surface area contributed by atoms with Gasteiger partial charge in [0.2, 0.25) is 0 Å². The quantitative estimate of drug-likeness (QED) is 0.830. The van der Waals surface area contributed by atoms with Gasteiger partial charge in [-0.1, -0.05) is 22.9 Å². The molecule has 2 atom stereocenters. The summed E-state index contributed by atoms with van der Waals surface area (Å²) in [6.07, 6.45) is 1.90. The minimum Gasteiger partial charge on any atom is -0.382 e. The lowest BCUT2D eigenvalue weighted by Crippen LogP contribution is -2.34. The second kappa shape index (κ2) is 7.87. The van der Waals surface area contributed by atoms with Gasteiger partial charge in [-0.05, 0) is 50.1 Å². The van der Waals surface area contributed by atoms with Gasteiger partial charge < -0.3 is 10.1 Å². The van der Waals surface area contributed by atoms with Crippen LogP contribution in [0.3, 0.4) is 0 Å². The molecule has 0 radical (unpaired) electrons. The number of nitrogens with one attached hydrogen (secondary N) is 1. The second-order valence-corrected chi connectivity index (χ2v) is 5.33. The van der Waals surface area contributed by atoms with Gasteiger partial charge in [0.15, 0.2) is 0 Å². The van der Waals surface area contributed by atoms with Crippen LogP contribution in [-0.4, -0.2) is 25.8 Å². The van der Waals surface area contributed by atoms with Gasteiger partial charge >= 0.3 is 0 Å². The molecule has 18 heavy (non-hydrogen) atoms. The summed E-state index contributed by atoms with van der Waals surface area (Å²) < 4.78 is 19.5. The Morgan fingerprint density at radius 3 is 2.78 bits per heavy atom. The van der Waals surface area contributed by atoms with Crippen LogP contribution in [0, 0.1) is 5.82 Å². The smallest absolute Gasteiger partial charge is 0.123 e. The third kappa shape index (κ3) is 5.04. The molecular formula is C14H21BrFNO. The number of benzene rings is 1. The van der Waals surface area contributed by atoms with E-state index in [0.717, 1.165) is 29.4 Å². The van der Waals surface area contributed by atoms with E-state index < -0.39 is 0 Å². The summed E-state index contributed by atoms with van der Waals surface area (Å²) in [4.78, 5) is 0. The summed E-state index contributed by atoms with van der Waals surface area (Å²) in [7, 11) is 1.71. The molecule has 0 aromatic heterocycles. The number of rotatable bonds is 7. The maximum atomic E-state index is 13.2. The highest BCUT2D eigenvalue weighted by atomic mass is 79.9. The van der Waals surface area contributed by atoms with Crippen molar-refractivity contribution in [1.82, 2.24) is 5.32 Å². The van der Waals surface area contributed by atoms with Crippen molar-refractivity contribution in [1.29, 1.82) is 0 Å². The van der Waals surface area contributed by atoms with Gasteiger partial charge in [0, 0.05) is 17.6 Å². The van der Waals surface area contributed by atoms with Crippen LogP contribution in [0.15, 0.2) is 22.7 Å². The van der Waals surface area contributed by atoms with Crippen molar-refractivity contribution >= 4 is 15.9 Å². The van der Waals surface area contributed by atoms with Crippen molar-refractivity contribution < 1.29 is 9.13 Å². The SMILES string of the molecule is CCNC(Cc1cc(F)ccc1Br)CC(C)OC. The maximum absolute atomic E-state index is 13.2. The summed E-state index contributed by atoms with van der Waals surface area (Å²) >= 11 is 3.47. The van der Waals surface area contributed by atoms with Gasteiger partial charge in [0.05, 0.1) is 6.10 Å². The van der Waals surface area contributed by atoms with E-state index in [2.05, 4.69) is 28.2 Å². The Hall–Kier alpha value is -0.450. The molecule has 1 aromatic rings. The first-order valence-electron chi connectivity index (χ1n) is 6.26.